The lowest BCUT2D eigenvalue weighted by atomic mass is 9.90. The van der Waals surface area contributed by atoms with E-state index in [1.807, 2.05) is 0 Å². The Balaban J connectivity index is 1.72. The Kier molecular flexibility index (Phi) is 4.33. The Hall–Kier alpha value is -3.29. The first kappa shape index (κ1) is 18.1. The van der Waals surface area contributed by atoms with E-state index < -0.39 is 17.6 Å². The highest BCUT2D eigenvalue weighted by atomic mass is 19.4. The molecule has 3 aromatic rings. The number of H-pyrrole nitrogens is 1. The number of hydrogen-bond donors (Lipinski definition) is 2. The molecule has 2 aromatic carbocycles. The number of phenols is 1. The largest absolute Gasteiger partial charge is 0.508 e. The number of phenolic OH excluding ortho intramolecular Hbond substituents is 1. The first-order valence-corrected chi connectivity index (χ1v) is 8.61. The summed E-state index contributed by atoms with van der Waals surface area (Å²) in [4.78, 5) is 21.6. The number of aromatic nitrogens is 2. The molecule has 4 rings (SSSR count). The average molecular weight is 387 g/mol. The highest BCUT2D eigenvalue weighted by molar-refractivity contribution is 5.96. The maximum atomic E-state index is 13.3. The molecule has 1 amide bonds. The molecule has 0 fully saturated rings. The molecular weight excluding hydrogens is 371 g/mol. The number of halogens is 3. The van der Waals surface area contributed by atoms with Gasteiger partial charge in [-0.25, -0.2) is 4.98 Å². The Morgan fingerprint density at radius 1 is 1.18 bits per heavy atom. The zero-order chi connectivity index (χ0) is 19.9. The van der Waals surface area contributed by atoms with Gasteiger partial charge >= 0.3 is 6.18 Å². The van der Waals surface area contributed by atoms with Crippen molar-refractivity contribution in [3.63, 3.8) is 0 Å². The van der Waals surface area contributed by atoms with Crippen LogP contribution in [0.3, 0.4) is 0 Å². The zero-order valence-corrected chi connectivity index (χ0v) is 14.6. The van der Waals surface area contributed by atoms with Crippen LogP contribution in [-0.2, 0) is 12.7 Å². The molecule has 1 aliphatic heterocycles. The van der Waals surface area contributed by atoms with E-state index in [1.165, 1.54) is 35.5 Å². The van der Waals surface area contributed by atoms with Gasteiger partial charge in [-0.2, -0.15) is 13.2 Å². The van der Waals surface area contributed by atoms with Crippen LogP contribution in [0.2, 0.25) is 0 Å². The number of hydrogen-bond acceptors (Lipinski definition) is 3. The van der Waals surface area contributed by atoms with E-state index in [-0.39, 0.29) is 30.3 Å². The minimum Gasteiger partial charge on any atom is -0.508 e. The number of carbonyl (C=O) groups excluding carboxylic acids is 1. The van der Waals surface area contributed by atoms with Crippen LogP contribution in [0.4, 0.5) is 13.2 Å². The van der Waals surface area contributed by atoms with Crippen molar-refractivity contribution in [3.05, 3.63) is 82.9 Å². The third-order valence-corrected chi connectivity index (χ3v) is 4.86. The summed E-state index contributed by atoms with van der Waals surface area (Å²) in [6.45, 7) is 0.294. The van der Waals surface area contributed by atoms with Gasteiger partial charge in [-0.05, 0) is 29.8 Å². The SMILES string of the molecule is O=C(c1ccccc1C(F)(F)F)N1Cc2[nH]cnc2C(c2cccc(O)c2)C1. The van der Waals surface area contributed by atoms with Crippen LogP contribution in [0.5, 0.6) is 5.75 Å². The van der Waals surface area contributed by atoms with Crippen molar-refractivity contribution in [1.82, 2.24) is 14.9 Å². The summed E-state index contributed by atoms with van der Waals surface area (Å²) < 4.78 is 40.0. The quantitative estimate of drug-likeness (QED) is 0.700. The lowest BCUT2D eigenvalue weighted by molar-refractivity contribution is -0.138. The molecule has 1 aliphatic rings. The summed E-state index contributed by atoms with van der Waals surface area (Å²) in [6.07, 6.45) is -3.12. The second-order valence-corrected chi connectivity index (χ2v) is 6.64. The van der Waals surface area contributed by atoms with Crippen molar-refractivity contribution >= 4 is 5.91 Å². The maximum absolute atomic E-state index is 13.3. The first-order valence-electron chi connectivity index (χ1n) is 8.61. The molecule has 0 aliphatic carbocycles. The van der Waals surface area contributed by atoms with Crippen LogP contribution in [0, 0.1) is 0 Å². The van der Waals surface area contributed by atoms with Gasteiger partial charge in [-0.3, -0.25) is 4.79 Å². The van der Waals surface area contributed by atoms with E-state index >= 15 is 0 Å². The van der Waals surface area contributed by atoms with Gasteiger partial charge in [0.1, 0.15) is 5.75 Å². The lowest BCUT2D eigenvalue weighted by Gasteiger charge is -2.33. The van der Waals surface area contributed by atoms with Crippen LogP contribution in [0.1, 0.15) is 38.8 Å². The number of carbonyl (C=O) groups is 1. The number of imidazole rings is 1. The molecule has 5 nitrogen and oxygen atoms in total. The Morgan fingerprint density at radius 2 is 1.96 bits per heavy atom. The van der Waals surface area contributed by atoms with Crippen LogP contribution < -0.4 is 0 Å². The monoisotopic (exact) mass is 387 g/mol. The van der Waals surface area contributed by atoms with E-state index in [4.69, 9.17) is 0 Å². The molecule has 1 unspecified atom stereocenters. The smallest absolute Gasteiger partial charge is 0.417 e. The van der Waals surface area contributed by atoms with Crippen molar-refractivity contribution < 1.29 is 23.1 Å². The third kappa shape index (κ3) is 3.21. The molecule has 28 heavy (non-hydrogen) atoms. The second-order valence-electron chi connectivity index (χ2n) is 6.64. The Bertz CT molecular complexity index is 1030. The van der Waals surface area contributed by atoms with E-state index in [0.29, 0.717) is 5.69 Å². The topological polar surface area (TPSA) is 69.2 Å². The van der Waals surface area contributed by atoms with Gasteiger partial charge < -0.3 is 15.0 Å². The van der Waals surface area contributed by atoms with E-state index in [1.54, 1.807) is 18.2 Å². The Labute approximate surface area is 158 Å². The fourth-order valence-electron chi connectivity index (χ4n) is 3.57. The van der Waals surface area contributed by atoms with E-state index in [0.717, 1.165) is 17.3 Å². The van der Waals surface area contributed by atoms with E-state index in [2.05, 4.69) is 9.97 Å². The normalized spacial score (nSPS) is 16.7. The predicted octanol–water partition coefficient (Wildman–Crippen LogP) is 3.92. The molecule has 144 valence electrons. The van der Waals surface area contributed by atoms with Crippen LogP contribution in [0.25, 0.3) is 0 Å². The number of aromatic amines is 1. The number of nitrogens with one attached hydrogen (secondary N) is 1. The summed E-state index contributed by atoms with van der Waals surface area (Å²) >= 11 is 0. The minimum absolute atomic E-state index is 0.0699. The van der Waals surface area contributed by atoms with Crippen molar-refractivity contribution in [2.75, 3.05) is 6.54 Å². The minimum atomic E-state index is -4.62. The van der Waals surface area contributed by atoms with E-state index in [9.17, 15) is 23.1 Å². The number of amides is 1. The average Bonchev–Trinajstić information content (AvgIpc) is 3.14. The number of rotatable bonds is 2. The maximum Gasteiger partial charge on any atom is 0.417 e. The van der Waals surface area contributed by atoms with Gasteiger partial charge in [0.2, 0.25) is 0 Å². The van der Waals surface area contributed by atoms with Gasteiger partial charge in [0, 0.05) is 12.5 Å². The molecule has 0 radical (unpaired) electrons. The zero-order valence-electron chi connectivity index (χ0n) is 14.6. The summed E-state index contributed by atoms with van der Waals surface area (Å²) in [7, 11) is 0. The fraction of sp³-hybridized carbons (Fsp3) is 0.200. The van der Waals surface area contributed by atoms with Gasteiger partial charge in [0.25, 0.3) is 5.91 Å². The van der Waals surface area contributed by atoms with Gasteiger partial charge in [-0.15, -0.1) is 0 Å². The molecule has 1 aromatic heterocycles. The van der Waals surface area contributed by atoms with Crippen molar-refractivity contribution in [1.29, 1.82) is 0 Å². The molecular formula is C20H16F3N3O2. The molecule has 1 atom stereocenters. The van der Waals surface area contributed by atoms with Crippen LogP contribution in [0.15, 0.2) is 54.9 Å². The van der Waals surface area contributed by atoms with Crippen LogP contribution in [-0.4, -0.2) is 32.4 Å². The third-order valence-electron chi connectivity index (χ3n) is 4.86. The second kappa shape index (κ2) is 6.70. The summed E-state index contributed by atoms with van der Waals surface area (Å²) in [5.41, 5.74) is 0.781. The molecule has 0 saturated heterocycles. The van der Waals surface area contributed by atoms with Crippen molar-refractivity contribution in [3.8, 4) is 5.75 Å². The lowest BCUT2D eigenvalue weighted by Crippen LogP contribution is -2.39. The van der Waals surface area contributed by atoms with Crippen molar-refractivity contribution in [2.24, 2.45) is 0 Å². The Morgan fingerprint density at radius 3 is 2.71 bits per heavy atom. The summed E-state index contributed by atoms with van der Waals surface area (Å²) in [5, 5.41) is 9.79. The van der Waals surface area contributed by atoms with Crippen molar-refractivity contribution in [2.45, 2.75) is 18.6 Å². The molecule has 0 bridgehead atoms. The first-order chi connectivity index (χ1) is 13.3. The number of fused-ring (bicyclic) bond motifs is 1. The molecule has 2 heterocycles. The summed E-state index contributed by atoms with van der Waals surface area (Å²) in [6, 6.07) is 11.3. The highest BCUT2D eigenvalue weighted by Gasteiger charge is 2.38. The van der Waals surface area contributed by atoms with Crippen LogP contribution >= 0.6 is 0 Å². The number of alkyl halides is 3. The fourth-order valence-corrected chi connectivity index (χ4v) is 3.57. The number of benzene rings is 2. The highest BCUT2D eigenvalue weighted by Crippen LogP contribution is 2.36. The van der Waals surface area contributed by atoms with Gasteiger partial charge in [0.05, 0.1) is 35.4 Å². The molecule has 8 heteroatoms. The summed E-state index contributed by atoms with van der Waals surface area (Å²) in [5.74, 6) is -0.983. The van der Waals surface area contributed by atoms with Gasteiger partial charge in [-0.1, -0.05) is 24.3 Å². The molecule has 2 N–H and O–H groups in total. The standard InChI is InChI=1S/C20H16F3N3O2/c21-20(22,23)16-7-2-1-6-14(16)19(28)26-9-15(12-4-3-5-13(27)8-12)18-17(10-26)24-11-25-18/h1-8,11,15,27H,9-10H2,(H,24,25). The molecule has 0 saturated carbocycles. The molecule has 0 spiro atoms. The number of nitrogens with zero attached hydrogens (tertiary/aromatic N) is 2. The van der Waals surface area contributed by atoms with Gasteiger partial charge in [0.15, 0.2) is 0 Å². The predicted molar refractivity (Wildman–Crippen MR) is 94.7 cm³/mol. The number of aromatic hydroxyl groups is 1.